The summed E-state index contributed by atoms with van der Waals surface area (Å²) in [4.78, 5) is 15.2. The van der Waals surface area contributed by atoms with Gasteiger partial charge in [-0.1, -0.05) is 158 Å². The maximum Gasteiger partial charge on any atom is 0.164 e. The largest absolute Gasteiger partial charge is 0.308 e. The Labute approximate surface area is 366 Å². The molecular formula is C57H35N5S. The Bertz CT molecular complexity index is 3830. The molecule has 6 heteroatoms. The molecule has 0 aliphatic carbocycles. The molecule has 0 amide bonds. The van der Waals surface area contributed by atoms with Crippen molar-refractivity contribution in [3.63, 3.8) is 0 Å². The van der Waals surface area contributed by atoms with Gasteiger partial charge in [0.1, 0.15) is 0 Å². The fraction of sp³-hybridized carbons (Fsp3) is 0. The van der Waals surface area contributed by atoms with Crippen molar-refractivity contribution in [2.45, 2.75) is 0 Å². The van der Waals surface area contributed by atoms with Crippen LogP contribution in [0.4, 0.5) is 0 Å². The molecule has 9 aromatic carbocycles. The van der Waals surface area contributed by atoms with Crippen LogP contribution in [0.1, 0.15) is 0 Å². The van der Waals surface area contributed by atoms with E-state index in [0.717, 1.165) is 33.3 Å². The third kappa shape index (κ3) is 5.66. The van der Waals surface area contributed by atoms with Crippen LogP contribution in [0, 0.1) is 0 Å². The predicted molar refractivity (Wildman–Crippen MR) is 263 cm³/mol. The predicted octanol–water partition coefficient (Wildman–Crippen LogP) is 15.1. The average molecular weight is 822 g/mol. The highest BCUT2D eigenvalue weighted by atomic mass is 32.1. The van der Waals surface area contributed by atoms with E-state index in [-0.39, 0.29) is 0 Å². The van der Waals surface area contributed by atoms with Crippen molar-refractivity contribution in [1.29, 1.82) is 0 Å². The van der Waals surface area contributed by atoms with Gasteiger partial charge in [0, 0.05) is 54.7 Å². The lowest BCUT2D eigenvalue weighted by Gasteiger charge is -2.10. The summed E-state index contributed by atoms with van der Waals surface area (Å²) < 4.78 is 7.42. The molecule has 0 fully saturated rings. The number of para-hydroxylation sites is 2. The minimum Gasteiger partial charge on any atom is -0.308 e. The number of nitrogens with zero attached hydrogens (tertiary/aromatic N) is 5. The van der Waals surface area contributed by atoms with E-state index in [1.807, 2.05) is 47.7 Å². The SMILES string of the molecule is c1ccc(-c2ccc3c(c2)c2ccccc2n3-c2cccc3c2sc2c3ccc3c4cc(-c5nc(-c6ccccc6)nc(-c6ccccc6)n5)ccc4n(-c4ccccc4)c32)cc1. The molecule has 5 nitrogen and oxygen atoms in total. The average Bonchev–Trinajstić information content (AvgIpc) is 4.02. The Morgan fingerprint density at radius 2 is 0.794 bits per heavy atom. The van der Waals surface area contributed by atoms with E-state index in [0.29, 0.717) is 17.5 Å². The molecule has 0 spiro atoms. The van der Waals surface area contributed by atoms with Gasteiger partial charge in [-0.25, -0.2) is 15.0 Å². The normalized spacial score (nSPS) is 11.8. The minimum absolute atomic E-state index is 0.639. The quantitative estimate of drug-likeness (QED) is 0.168. The summed E-state index contributed by atoms with van der Waals surface area (Å²) >= 11 is 1.88. The number of aromatic nitrogens is 5. The summed E-state index contributed by atoms with van der Waals surface area (Å²) in [5.41, 5.74) is 12.3. The van der Waals surface area contributed by atoms with Gasteiger partial charge in [0.25, 0.3) is 0 Å². The number of fused-ring (bicyclic) bond motifs is 10. The number of rotatable bonds is 6. The van der Waals surface area contributed by atoms with Crippen molar-refractivity contribution in [2.75, 3.05) is 0 Å². The molecule has 0 atom stereocenters. The third-order valence-corrected chi connectivity index (χ3v) is 13.6. The number of benzene rings is 9. The van der Waals surface area contributed by atoms with Crippen molar-refractivity contribution in [3.05, 3.63) is 212 Å². The van der Waals surface area contributed by atoms with Crippen LogP contribution in [-0.2, 0) is 0 Å². The van der Waals surface area contributed by atoms with E-state index in [4.69, 9.17) is 15.0 Å². The molecular weight excluding hydrogens is 787 g/mol. The number of hydrogen-bond acceptors (Lipinski definition) is 4. The lowest BCUT2D eigenvalue weighted by Crippen LogP contribution is -2.00. The highest BCUT2D eigenvalue weighted by Gasteiger charge is 2.22. The van der Waals surface area contributed by atoms with Gasteiger partial charge >= 0.3 is 0 Å². The van der Waals surface area contributed by atoms with E-state index in [2.05, 4.69) is 185 Å². The van der Waals surface area contributed by atoms with Gasteiger partial charge in [0.15, 0.2) is 17.5 Å². The van der Waals surface area contributed by atoms with Gasteiger partial charge in [-0.3, -0.25) is 0 Å². The van der Waals surface area contributed by atoms with Crippen molar-refractivity contribution in [1.82, 2.24) is 24.1 Å². The first kappa shape index (κ1) is 35.6. The van der Waals surface area contributed by atoms with Gasteiger partial charge in [0.05, 0.1) is 37.2 Å². The van der Waals surface area contributed by atoms with Gasteiger partial charge in [0.2, 0.25) is 0 Å². The van der Waals surface area contributed by atoms with Gasteiger partial charge < -0.3 is 9.13 Å². The van der Waals surface area contributed by atoms with E-state index in [1.165, 1.54) is 69.7 Å². The zero-order chi connectivity index (χ0) is 41.4. The maximum atomic E-state index is 5.10. The summed E-state index contributed by atoms with van der Waals surface area (Å²) in [6, 6.07) is 75.5. The topological polar surface area (TPSA) is 48.5 Å². The number of hydrogen-bond donors (Lipinski definition) is 0. The second-order valence-corrected chi connectivity index (χ2v) is 17.0. The summed E-state index contributed by atoms with van der Waals surface area (Å²) in [6.45, 7) is 0. The highest BCUT2D eigenvalue weighted by Crippen LogP contribution is 2.46. The fourth-order valence-corrected chi connectivity index (χ4v) is 10.8. The summed E-state index contributed by atoms with van der Waals surface area (Å²) in [6.07, 6.45) is 0. The van der Waals surface area contributed by atoms with Gasteiger partial charge in [-0.05, 0) is 65.7 Å². The van der Waals surface area contributed by atoms with Crippen LogP contribution >= 0.6 is 11.3 Å². The molecule has 0 N–H and O–H groups in total. The van der Waals surface area contributed by atoms with E-state index >= 15 is 0 Å². The van der Waals surface area contributed by atoms with Crippen molar-refractivity contribution in [3.8, 4) is 56.7 Å². The Morgan fingerprint density at radius 1 is 0.302 bits per heavy atom. The molecule has 0 aliphatic rings. The summed E-state index contributed by atoms with van der Waals surface area (Å²) in [5.74, 6) is 1.93. The second kappa shape index (κ2) is 14.2. The first-order chi connectivity index (χ1) is 31.2. The standard InChI is InChI=1S/C57H35N5S/c1-5-16-36(17-6-1)39-28-32-50-46(34-39)42-24-13-14-26-48(42)62(50)51-27-15-25-44-45-31-30-43-47-35-40(29-33-49(47)61(41-22-11-4-12-23-41)52(43)54(45)63-53(44)51)57-59-55(37-18-7-2-8-19-37)58-56(60-57)38-20-9-3-10-21-38/h1-35H. The van der Waals surface area contributed by atoms with Crippen LogP contribution in [0.15, 0.2) is 212 Å². The van der Waals surface area contributed by atoms with Crippen LogP contribution in [-0.4, -0.2) is 24.1 Å². The van der Waals surface area contributed by atoms with E-state index in [9.17, 15) is 0 Å². The monoisotopic (exact) mass is 821 g/mol. The lowest BCUT2D eigenvalue weighted by molar-refractivity contribution is 1.07. The number of thiophene rings is 1. The van der Waals surface area contributed by atoms with Crippen molar-refractivity contribution in [2.24, 2.45) is 0 Å². The molecule has 294 valence electrons. The molecule has 63 heavy (non-hydrogen) atoms. The van der Waals surface area contributed by atoms with E-state index in [1.54, 1.807) is 0 Å². The molecule has 0 radical (unpaired) electrons. The Kier molecular flexibility index (Phi) is 8.01. The van der Waals surface area contributed by atoms with Crippen LogP contribution in [0.3, 0.4) is 0 Å². The summed E-state index contributed by atoms with van der Waals surface area (Å²) in [5, 5.41) is 7.31. The smallest absolute Gasteiger partial charge is 0.164 e. The molecule has 0 aliphatic heterocycles. The highest BCUT2D eigenvalue weighted by molar-refractivity contribution is 7.27. The molecule has 4 aromatic heterocycles. The lowest BCUT2D eigenvalue weighted by atomic mass is 10.0. The molecule has 13 rings (SSSR count). The second-order valence-electron chi connectivity index (χ2n) is 16.0. The maximum absolute atomic E-state index is 5.10. The first-order valence-corrected chi connectivity index (χ1v) is 22.0. The molecule has 0 saturated carbocycles. The first-order valence-electron chi connectivity index (χ1n) is 21.2. The Balaban J connectivity index is 1.05. The molecule has 0 unspecified atom stereocenters. The zero-order valence-electron chi connectivity index (χ0n) is 33.9. The Hall–Kier alpha value is -8.19. The molecule has 13 aromatic rings. The van der Waals surface area contributed by atoms with Crippen molar-refractivity contribution >= 4 is 75.1 Å². The van der Waals surface area contributed by atoms with Crippen LogP contribution in [0.25, 0.3) is 120 Å². The van der Waals surface area contributed by atoms with E-state index < -0.39 is 0 Å². The fourth-order valence-electron chi connectivity index (χ4n) is 9.48. The van der Waals surface area contributed by atoms with Gasteiger partial charge in [-0.15, -0.1) is 11.3 Å². The van der Waals surface area contributed by atoms with Crippen LogP contribution in [0.5, 0.6) is 0 Å². The summed E-state index contributed by atoms with van der Waals surface area (Å²) in [7, 11) is 0. The van der Waals surface area contributed by atoms with Gasteiger partial charge in [-0.2, -0.15) is 0 Å². The van der Waals surface area contributed by atoms with Crippen molar-refractivity contribution < 1.29 is 0 Å². The van der Waals surface area contributed by atoms with Crippen LogP contribution in [0.2, 0.25) is 0 Å². The minimum atomic E-state index is 0.639. The molecule has 0 bridgehead atoms. The molecule has 4 heterocycles. The van der Waals surface area contributed by atoms with Crippen LogP contribution < -0.4 is 0 Å². The Morgan fingerprint density at radius 3 is 1.49 bits per heavy atom. The third-order valence-electron chi connectivity index (χ3n) is 12.4. The zero-order valence-corrected chi connectivity index (χ0v) is 34.7. The molecule has 0 saturated heterocycles.